The molecule has 0 radical (unpaired) electrons. The van der Waals surface area contributed by atoms with Crippen molar-refractivity contribution in [2.75, 3.05) is 12.7 Å². The molecule has 0 aliphatic heterocycles. The van der Waals surface area contributed by atoms with Crippen molar-refractivity contribution >= 4 is 58.6 Å². The Morgan fingerprint density at radius 2 is 0.653 bits per heavy atom. The number of Topliss-reactive ketones (excluding diaryl/α,β-unsaturated/α-hetero) is 2. The summed E-state index contributed by atoms with van der Waals surface area (Å²) in [5.74, 6) is -0.819. The molecule has 0 saturated carbocycles. The lowest BCUT2D eigenvalue weighted by atomic mass is 9.79. The fraction of sp³-hybridized carbons (Fsp3) is 0.226. The number of carbonyl (C=O) groups excluding carboxylic acids is 4. The highest BCUT2D eigenvalue weighted by molar-refractivity contribution is 7.79. The van der Waals surface area contributed by atoms with Crippen LogP contribution in [0.4, 0.5) is 0 Å². The minimum absolute atomic E-state index is 0.0276. The summed E-state index contributed by atoms with van der Waals surface area (Å²) in [4.78, 5) is 56.4. The number of allylic oxidation sites excluding steroid dienone is 8. The summed E-state index contributed by atoms with van der Waals surface area (Å²) in [6.45, 7) is 12.6. The molecule has 0 fully saturated rings. The van der Waals surface area contributed by atoms with E-state index in [0.717, 1.165) is 11.1 Å². The summed E-state index contributed by atoms with van der Waals surface area (Å²) < 4.78 is 45.6. The molecule has 0 saturated heterocycles. The summed E-state index contributed by atoms with van der Waals surface area (Å²) in [7, 11) is -6.98. The van der Waals surface area contributed by atoms with E-state index >= 15 is 9.13 Å². The Hall–Kier alpha value is -6.98. The van der Waals surface area contributed by atoms with Crippen LogP contribution in [0.1, 0.15) is 81.3 Å². The largest absolute Gasteiger partial charge is 0.485 e. The van der Waals surface area contributed by atoms with Gasteiger partial charge < -0.3 is 18.6 Å². The molecule has 8 nitrogen and oxygen atoms in total. The van der Waals surface area contributed by atoms with Gasteiger partial charge in [-0.3, -0.25) is 19.2 Å². The van der Waals surface area contributed by atoms with Gasteiger partial charge in [0.05, 0.1) is 0 Å². The molecule has 0 heterocycles. The number of ether oxygens (including phenoxy) is 2. The summed E-state index contributed by atoms with van der Waals surface area (Å²) in [5.41, 5.74) is 4.24. The van der Waals surface area contributed by atoms with Crippen LogP contribution in [0.5, 0.6) is 11.5 Å². The zero-order chi connectivity index (χ0) is 51.0. The van der Waals surface area contributed by atoms with Crippen LogP contribution in [-0.2, 0) is 58.4 Å². The second-order valence-corrected chi connectivity index (χ2v) is 26.5. The Labute approximate surface area is 422 Å². The van der Waals surface area contributed by atoms with Crippen LogP contribution in [0.25, 0.3) is 0 Å². The first-order chi connectivity index (χ1) is 34.3. The molecule has 9 rings (SSSR count). The van der Waals surface area contributed by atoms with E-state index in [1.54, 1.807) is 0 Å². The number of fused-ring (bicyclic) bond motifs is 8. The van der Waals surface area contributed by atoms with Crippen molar-refractivity contribution in [3.63, 3.8) is 0 Å². The van der Waals surface area contributed by atoms with Crippen molar-refractivity contribution in [1.82, 2.24) is 0 Å². The highest BCUT2D eigenvalue weighted by Crippen LogP contribution is 2.48. The van der Waals surface area contributed by atoms with Gasteiger partial charge in [-0.15, -0.1) is 0 Å². The summed E-state index contributed by atoms with van der Waals surface area (Å²) in [6, 6.07) is 45.4. The normalized spacial score (nSPS) is 15.5. The van der Waals surface area contributed by atoms with Crippen LogP contribution in [0.2, 0.25) is 0 Å². The van der Waals surface area contributed by atoms with Gasteiger partial charge in [-0.2, -0.15) is 0 Å². The lowest BCUT2D eigenvalue weighted by Crippen LogP contribution is -2.24. The van der Waals surface area contributed by atoms with E-state index in [1.165, 1.54) is 24.3 Å². The van der Waals surface area contributed by atoms with Gasteiger partial charge in [0.1, 0.15) is 24.2 Å². The monoisotopic (exact) mass is 992 g/mol. The maximum atomic E-state index is 15.7. The van der Waals surface area contributed by atoms with Crippen LogP contribution in [0.15, 0.2) is 192 Å². The molecule has 0 atom stereocenters. The van der Waals surface area contributed by atoms with Crippen LogP contribution < -0.4 is 30.7 Å². The third-order valence-corrected chi connectivity index (χ3v) is 19.2. The predicted octanol–water partition coefficient (Wildman–Crippen LogP) is 11.1. The molecule has 364 valence electrons. The second-order valence-electron chi connectivity index (χ2n) is 21.0. The third-order valence-electron chi connectivity index (χ3n) is 13.6. The van der Waals surface area contributed by atoms with Crippen molar-refractivity contribution in [3.8, 4) is 11.5 Å². The van der Waals surface area contributed by atoms with E-state index in [0.29, 0.717) is 55.0 Å². The molecular weight excluding hydrogens is 935 g/mol. The summed E-state index contributed by atoms with van der Waals surface area (Å²) >= 11 is 0. The molecule has 0 aromatic heterocycles. The van der Waals surface area contributed by atoms with Crippen molar-refractivity contribution < 1.29 is 37.8 Å². The minimum atomic E-state index is -3.49. The SMILES string of the molecule is CC(C)(C)c1cc2c(OCP(=O)(c3ccccc3)c3ccccc3)c(c1)Cc1cc(C(C)(C)C)cc(c1OCP(=O)(c1ccccc1)c1ccccc1)CC1=CC(=O)C=C(CC3=CC(=O)C=C(C2)C3=O)C1=O. The molecule has 0 N–H and O–H groups in total. The molecule has 8 bridgehead atoms. The van der Waals surface area contributed by atoms with Crippen LogP contribution in [0.3, 0.4) is 0 Å². The topological polar surface area (TPSA) is 121 Å². The van der Waals surface area contributed by atoms with Gasteiger partial charge >= 0.3 is 0 Å². The first kappa shape index (κ1) is 50.0. The van der Waals surface area contributed by atoms with E-state index < -0.39 is 48.2 Å². The molecule has 72 heavy (non-hydrogen) atoms. The minimum Gasteiger partial charge on any atom is -0.485 e. The zero-order valence-corrected chi connectivity index (χ0v) is 43.4. The van der Waals surface area contributed by atoms with Crippen molar-refractivity contribution in [2.24, 2.45) is 0 Å². The van der Waals surface area contributed by atoms with Crippen molar-refractivity contribution in [2.45, 2.75) is 78.1 Å². The molecular formula is C62H58O8P2. The third kappa shape index (κ3) is 10.4. The average molecular weight is 993 g/mol. The van der Waals surface area contributed by atoms with Gasteiger partial charge in [0.15, 0.2) is 37.4 Å². The molecule has 0 spiro atoms. The number of rotatable bonds is 10. The molecule has 10 heteroatoms. The van der Waals surface area contributed by atoms with Crippen LogP contribution >= 0.6 is 14.3 Å². The van der Waals surface area contributed by atoms with Gasteiger partial charge in [-0.1, -0.05) is 187 Å². The Kier molecular flexibility index (Phi) is 13.8. The second kappa shape index (κ2) is 19.9. The van der Waals surface area contributed by atoms with E-state index in [-0.39, 0.29) is 60.7 Å². The van der Waals surface area contributed by atoms with Gasteiger partial charge in [-0.25, -0.2) is 0 Å². The molecule has 3 aliphatic rings. The molecule has 0 amide bonds. The van der Waals surface area contributed by atoms with E-state index in [1.807, 2.05) is 133 Å². The van der Waals surface area contributed by atoms with E-state index in [2.05, 4.69) is 53.7 Å². The molecule has 3 aliphatic carbocycles. The van der Waals surface area contributed by atoms with Gasteiger partial charge in [0, 0.05) is 69.2 Å². The number of hydrogen-bond donors (Lipinski definition) is 0. The van der Waals surface area contributed by atoms with Gasteiger partial charge in [-0.05, 0) is 68.5 Å². The smallest absolute Gasteiger partial charge is 0.185 e. The van der Waals surface area contributed by atoms with Gasteiger partial charge in [0.25, 0.3) is 0 Å². The summed E-state index contributed by atoms with van der Waals surface area (Å²) in [6.07, 6.45) is 4.60. The predicted molar refractivity (Wildman–Crippen MR) is 288 cm³/mol. The fourth-order valence-electron chi connectivity index (χ4n) is 9.64. The first-order valence-corrected chi connectivity index (χ1v) is 28.1. The Balaban J connectivity index is 1.30. The van der Waals surface area contributed by atoms with E-state index in [4.69, 9.17) is 9.47 Å². The Morgan fingerprint density at radius 1 is 0.389 bits per heavy atom. The quantitative estimate of drug-likeness (QED) is 0.0983. The van der Waals surface area contributed by atoms with E-state index in [9.17, 15) is 19.2 Å². The molecule has 6 aromatic carbocycles. The lowest BCUT2D eigenvalue weighted by Gasteiger charge is -2.29. The molecule has 0 unspecified atom stereocenters. The number of benzene rings is 6. The van der Waals surface area contributed by atoms with Crippen LogP contribution in [-0.4, -0.2) is 35.8 Å². The Bertz CT molecular complexity index is 3060. The maximum Gasteiger partial charge on any atom is 0.185 e. The maximum absolute atomic E-state index is 15.7. The summed E-state index contributed by atoms with van der Waals surface area (Å²) in [5, 5.41) is 2.47. The van der Waals surface area contributed by atoms with Gasteiger partial charge in [0.2, 0.25) is 0 Å². The number of ketones is 4. The standard InChI is InChI=1S/C62H58O8P2/c1-61(2,3)49-31-45-28-43-37-51(63)35-41(57(43)65)27-42-36-52(64)38-44(58(42)66)29-46-32-50(62(4,5)6)34-48(60(46)70-40-72(68,55-23-15-9-16-24-55)56-25-17-10-18-26-56)30-47(33-49)59(45)69-39-71(67,53-19-11-7-12-20-53)54-21-13-8-14-22-54/h7-26,31-38H,27-30,39-40H2,1-6H3. The molecule has 6 aromatic rings. The highest BCUT2D eigenvalue weighted by Gasteiger charge is 2.35. The highest BCUT2D eigenvalue weighted by atomic mass is 31.2. The first-order valence-electron chi connectivity index (χ1n) is 24.3. The lowest BCUT2D eigenvalue weighted by molar-refractivity contribution is -0.116. The zero-order valence-electron chi connectivity index (χ0n) is 41.6. The number of hydrogen-bond acceptors (Lipinski definition) is 8. The fourth-order valence-corrected chi connectivity index (χ4v) is 14.1. The van der Waals surface area contributed by atoms with Crippen LogP contribution in [0, 0.1) is 0 Å². The average Bonchev–Trinajstić information content (AvgIpc) is 3.36. The Morgan fingerprint density at radius 3 is 0.931 bits per heavy atom. The number of carbonyl (C=O) groups is 4. The van der Waals surface area contributed by atoms with Crippen molar-refractivity contribution in [1.29, 1.82) is 0 Å². The van der Waals surface area contributed by atoms with Crippen molar-refractivity contribution in [3.05, 3.63) is 226 Å².